The van der Waals surface area contributed by atoms with Crippen LogP contribution in [-0.2, 0) is 6.54 Å². The zero-order valence-electron chi connectivity index (χ0n) is 16.7. The second-order valence-electron chi connectivity index (χ2n) is 7.01. The van der Waals surface area contributed by atoms with Crippen molar-refractivity contribution in [2.45, 2.75) is 39.5 Å². The number of benzene rings is 2. The monoisotopic (exact) mass is 381 g/mol. The molecule has 0 aliphatic rings. The summed E-state index contributed by atoms with van der Waals surface area (Å²) in [5.41, 5.74) is 2.96. The molecule has 0 fully saturated rings. The minimum Gasteiger partial charge on any atom is -0.493 e. The van der Waals surface area contributed by atoms with Crippen LogP contribution in [0.5, 0.6) is 11.5 Å². The number of hydrogen-bond acceptors (Lipinski definition) is 3. The van der Waals surface area contributed by atoms with Gasteiger partial charge in [0.15, 0.2) is 11.5 Å². The first-order valence-electron chi connectivity index (χ1n) is 9.42. The minimum absolute atomic E-state index is 0.0608. The Labute approximate surface area is 165 Å². The molecule has 0 radical (unpaired) electrons. The maximum atomic E-state index is 12.3. The number of aromatic nitrogens is 1. The molecule has 0 saturated carbocycles. The number of amides is 2. The Kier molecular flexibility index (Phi) is 6.09. The summed E-state index contributed by atoms with van der Waals surface area (Å²) >= 11 is 0. The number of nitrogens with one attached hydrogen (secondary N) is 3. The molecule has 0 aliphatic carbocycles. The molecule has 6 nitrogen and oxygen atoms in total. The number of methoxy groups -OCH3 is 1. The Bertz CT molecular complexity index is 916. The molecule has 28 heavy (non-hydrogen) atoms. The molecule has 1 unspecified atom stereocenters. The normalized spacial score (nSPS) is 12.0. The van der Waals surface area contributed by atoms with Crippen molar-refractivity contribution >= 4 is 16.9 Å². The van der Waals surface area contributed by atoms with Gasteiger partial charge in [0, 0.05) is 11.2 Å². The number of H-pyrrole nitrogens is 1. The lowest BCUT2D eigenvalue weighted by atomic mass is 10.1. The summed E-state index contributed by atoms with van der Waals surface area (Å²) in [6, 6.07) is 15.4. The predicted molar refractivity (Wildman–Crippen MR) is 111 cm³/mol. The van der Waals surface area contributed by atoms with Crippen LogP contribution in [0.15, 0.2) is 48.5 Å². The number of urea groups is 1. The van der Waals surface area contributed by atoms with Crippen LogP contribution in [0.4, 0.5) is 4.79 Å². The number of fused-ring (bicyclic) bond motifs is 1. The SMILES string of the molecule is COc1cc(C(C)NC(=O)NCc2cc3ccccc3[nH]2)ccc1OC(C)C. The van der Waals surface area contributed by atoms with E-state index in [1.165, 1.54) is 0 Å². The van der Waals surface area contributed by atoms with E-state index in [9.17, 15) is 4.79 Å². The molecule has 1 heterocycles. The van der Waals surface area contributed by atoms with Crippen molar-refractivity contribution in [3.8, 4) is 11.5 Å². The lowest BCUT2D eigenvalue weighted by Crippen LogP contribution is -2.36. The zero-order valence-corrected chi connectivity index (χ0v) is 16.7. The number of carbonyl (C=O) groups is 1. The number of para-hydroxylation sites is 1. The largest absolute Gasteiger partial charge is 0.493 e. The fraction of sp³-hybridized carbons (Fsp3) is 0.318. The van der Waals surface area contributed by atoms with Crippen molar-refractivity contribution in [2.75, 3.05) is 7.11 Å². The van der Waals surface area contributed by atoms with Gasteiger partial charge in [-0.3, -0.25) is 0 Å². The second-order valence-corrected chi connectivity index (χ2v) is 7.01. The highest BCUT2D eigenvalue weighted by molar-refractivity contribution is 5.80. The van der Waals surface area contributed by atoms with Gasteiger partial charge in [0.1, 0.15) is 0 Å². The number of aromatic amines is 1. The van der Waals surface area contributed by atoms with Crippen molar-refractivity contribution < 1.29 is 14.3 Å². The average molecular weight is 381 g/mol. The van der Waals surface area contributed by atoms with Crippen molar-refractivity contribution in [3.63, 3.8) is 0 Å². The van der Waals surface area contributed by atoms with Gasteiger partial charge in [-0.1, -0.05) is 24.3 Å². The number of rotatable bonds is 7. The van der Waals surface area contributed by atoms with E-state index in [1.807, 2.05) is 69.3 Å². The first-order chi connectivity index (χ1) is 13.5. The summed E-state index contributed by atoms with van der Waals surface area (Å²) in [7, 11) is 1.61. The van der Waals surface area contributed by atoms with E-state index in [2.05, 4.69) is 15.6 Å². The molecular formula is C22H27N3O3. The molecule has 3 N–H and O–H groups in total. The van der Waals surface area contributed by atoms with Crippen LogP contribution in [0.25, 0.3) is 10.9 Å². The van der Waals surface area contributed by atoms with Crippen LogP contribution in [0, 0.1) is 0 Å². The molecule has 2 aromatic carbocycles. The van der Waals surface area contributed by atoms with E-state index in [-0.39, 0.29) is 18.2 Å². The highest BCUT2D eigenvalue weighted by Gasteiger charge is 2.14. The van der Waals surface area contributed by atoms with Crippen LogP contribution in [0.3, 0.4) is 0 Å². The molecule has 6 heteroatoms. The first kappa shape index (κ1) is 19.6. The summed E-state index contributed by atoms with van der Waals surface area (Å²) < 4.78 is 11.2. The fourth-order valence-corrected chi connectivity index (χ4v) is 3.04. The lowest BCUT2D eigenvalue weighted by molar-refractivity contribution is 0.230. The maximum Gasteiger partial charge on any atom is 0.315 e. The Morgan fingerprint density at radius 1 is 1.07 bits per heavy atom. The summed E-state index contributed by atoms with van der Waals surface area (Å²) in [6.07, 6.45) is 0.0608. The molecule has 3 rings (SSSR count). The van der Waals surface area contributed by atoms with Crippen molar-refractivity contribution in [3.05, 3.63) is 59.8 Å². The lowest BCUT2D eigenvalue weighted by Gasteiger charge is -2.18. The smallest absolute Gasteiger partial charge is 0.315 e. The van der Waals surface area contributed by atoms with E-state index in [1.54, 1.807) is 7.11 Å². The van der Waals surface area contributed by atoms with E-state index < -0.39 is 0 Å². The molecule has 0 saturated heterocycles. The molecule has 0 bridgehead atoms. The van der Waals surface area contributed by atoms with Gasteiger partial charge in [-0.15, -0.1) is 0 Å². The van der Waals surface area contributed by atoms with Gasteiger partial charge in [-0.25, -0.2) is 4.79 Å². The van der Waals surface area contributed by atoms with Gasteiger partial charge in [0.2, 0.25) is 0 Å². The van der Waals surface area contributed by atoms with Gasteiger partial charge in [0.05, 0.1) is 25.8 Å². The van der Waals surface area contributed by atoms with E-state index in [0.717, 1.165) is 22.2 Å². The highest BCUT2D eigenvalue weighted by atomic mass is 16.5. The van der Waals surface area contributed by atoms with Crippen molar-refractivity contribution in [1.82, 2.24) is 15.6 Å². The van der Waals surface area contributed by atoms with E-state index in [4.69, 9.17) is 9.47 Å². The number of hydrogen-bond donors (Lipinski definition) is 3. The molecule has 1 atom stereocenters. The van der Waals surface area contributed by atoms with Crippen molar-refractivity contribution in [1.29, 1.82) is 0 Å². The van der Waals surface area contributed by atoms with Crippen LogP contribution < -0.4 is 20.1 Å². The highest BCUT2D eigenvalue weighted by Crippen LogP contribution is 2.31. The minimum atomic E-state index is -0.229. The third kappa shape index (κ3) is 4.76. The number of ether oxygens (including phenoxy) is 2. The second kappa shape index (κ2) is 8.69. The molecule has 1 aromatic heterocycles. The Balaban J connectivity index is 1.58. The summed E-state index contributed by atoms with van der Waals surface area (Å²) in [5, 5.41) is 6.97. The Morgan fingerprint density at radius 3 is 2.57 bits per heavy atom. The Hall–Kier alpha value is -3.15. The standard InChI is InChI=1S/C22H27N3O3/c1-14(2)28-20-10-9-16(12-21(20)27-4)15(3)24-22(26)23-13-18-11-17-7-5-6-8-19(17)25-18/h5-12,14-15,25H,13H2,1-4H3,(H2,23,24,26). The maximum absolute atomic E-state index is 12.3. The predicted octanol–water partition coefficient (Wildman–Crippen LogP) is 4.52. The Morgan fingerprint density at radius 2 is 1.86 bits per heavy atom. The van der Waals surface area contributed by atoms with Gasteiger partial charge >= 0.3 is 6.03 Å². The van der Waals surface area contributed by atoms with Crippen LogP contribution in [-0.4, -0.2) is 24.2 Å². The third-order valence-electron chi connectivity index (χ3n) is 4.42. The van der Waals surface area contributed by atoms with Crippen LogP contribution in [0.1, 0.15) is 38.1 Å². The van der Waals surface area contributed by atoms with E-state index in [0.29, 0.717) is 18.0 Å². The molecule has 3 aromatic rings. The van der Waals surface area contributed by atoms with Gasteiger partial charge < -0.3 is 25.1 Å². The number of carbonyl (C=O) groups excluding carboxylic acids is 1. The van der Waals surface area contributed by atoms with Gasteiger partial charge in [0.25, 0.3) is 0 Å². The first-order valence-corrected chi connectivity index (χ1v) is 9.42. The zero-order chi connectivity index (χ0) is 20.1. The quantitative estimate of drug-likeness (QED) is 0.563. The summed E-state index contributed by atoms with van der Waals surface area (Å²) in [5.74, 6) is 1.34. The fourth-order valence-electron chi connectivity index (χ4n) is 3.04. The molecular weight excluding hydrogens is 354 g/mol. The average Bonchev–Trinajstić information content (AvgIpc) is 3.09. The topological polar surface area (TPSA) is 75.4 Å². The molecule has 2 amide bonds. The summed E-state index contributed by atoms with van der Waals surface area (Å²) in [6.45, 7) is 6.29. The molecule has 148 valence electrons. The third-order valence-corrected chi connectivity index (χ3v) is 4.42. The summed E-state index contributed by atoms with van der Waals surface area (Å²) in [4.78, 5) is 15.6. The van der Waals surface area contributed by atoms with Crippen molar-refractivity contribution in [2.24, 2.45) is 0 Å². The van der Waals surface area contributed by atoms with E-state index >= 15 is 0 Å². The van der Waals surface area contributed by atoms with Gasteiger partial charge in [-0.2, -0.15) is 0 Å². The van der Waals surface area contributed by atoms with Crippen LogP contribution in [0.2, 0.25) is 0 Å². The van der Waals surface area contributed by atoms with Gasteiger partial charge in [-0.05, 0) is 56.0 Å². The van der Waals surface area contributed by atoms with Crippen LogP contribution >= 0.6 is 0 Å². The molecule has 0 aliphatic heterocycles. The molecule has 0 spiro atoms.